The summed E-state index contributed by atoms with van der Waals surface area (Å²) in [6, 6.07) is 0. The first-order chi connectivity index (χ1) is 9.14. The minimum absolute atomic E-state index is 0.132. The molecule has 1 atom stereocenters. The Hall–Kier alpha value is -1.14. The van der Waals surface area contributed by atoms with Crippen molar-refractivity contribution in [2.75, 3.05) is 27.4 Å². The summed E-state index contributed by atoms with van der Waals surface area (Å²) in [5, 5.41) is 0. The van der Waals surface area contributed by atoms with Crippen LogP contribution in [0.25, 0.3) is 0 Å². The largest absolute Gasteiger partial charge is 0.466 e. The molecule has 120 valence electrons. The highest BCUT2D eigenvalue weighted by molar-refractivity contribution is 5.66. The summed E-state index contributed by atoms with van der Waals surface area (Å²) in [6.45, 7) is 9.36. The van der Waals surface area contributed by atoms with E-state index >= 15 is 0 Å². The lowest BCUT2D eigenvalue weighted by atomic mass is 10.1. The van der Waals surface area contributed by atoms with Crippen molar-refractivity contribution in [2.45, 2.75) is 52.7 Å². The summed E-state index contributed by atoms with van der Waals surface area (Å²) < 4.78 is 19.3. The number of rotatable bonds is 7. The molecule has 0 aromatic heterocycles. The van der Waals surface area contributed by atoms with Crippen molar-refractivity contribution in [1.29, 1.82) is 0 Å². The van der Waals surface area contributed by atoms with E-state index in [1.807, 2.05) is 13.8 Å². The molecule has 0 saturated heterocycles. The molecule has 0 bridgehead atoms. The van der Waals surface area contributed by atoms with Crippen LogP contribution in [-0.2, 0) is 28.5 Å². The Balaban J connectivity index is 0. The molecule has 0 fully saturated rings. The predicted molar refractivity (Wildman–Crippen MR) is 75.4 cm³/mol. The highest BCUT2D eigenvalue weighted by atomic mass is 16.6. The van der Waals surface area contributed by atoms with Crippen LogP contribution in [0.4, 0.5) is 0 Å². The van der Waals surface area contributed by atoms with Crippen LogP contribution in [0, 0.1) is 0 Å². The fourth-order valence-corrected chi connectivity index (χ4v) is 1.09. The van der Waals surface area contributed by atoms with E-state index < -0.39 is 0 Å². The normalized spacial score (nSPS) is 11.9. The number of hydrogen-bond donors (Lipinski definition) is 0. The first kappa shape index (κ1) is 21.2. The Kier molecular flexibility index (Phi) is 12.3. The average molecular weight is 292 g/mol. The van der Waals surface area contributed by atoms with Crippen LogP contribution >= 0.6 is 0 Å². The standard InChI is InChI=1S/C8H16O3.C6H12O3/c1-7(9)11-6-5-8(2,3)10-4;1-5(4-8-3)9-6(2)7/h5-6H2,1-4H3;5H,4H2,1-3H3. The van der Waals surface area contributed by atoms with Crippen LogP contribution in [0.15, 0.2) is 0 Å². The van der Waals surface area contributed by atoms with Gasteiger partial charge >= 0.3 is 11.9 Å². The van der Waals surface area contributed by atoms with Crippen molar-refractivity contribution in [3.8, 4) is 0 Å². The van der Waals surface area contributed by atoms with Gasteiger partial charge in [-0.15, -0.1) is 0 Å². The zero-order valence-electron chi connectivity index (χ0n) is 13.6. The van der Waals surface area contributed by atoms with E-state index in [9.17, 15) is 9.59 Å². The van der Waals surface area contributed by atoms with Crippen LogP contribution in [0.3, 0.4) is 0 Å². The van der Waals surface area contributed by atoms with Gasteiger partial charge in [0.2, 0.25) is 0 Å². The Bertz CT molecular complexity index is 275. The zero-order valence-corrected chi connectivity index (χ0v) is 13.6. The van der Waals surface area contributed by atoms with Crippen molar-refractivity contribution >= 4 is 11.9 Å². The molecular weight excluding hydrogens is 264 g/mol. The molecule has 0 radical (unpaired) electrons. The molecule has 0 aliphatic rings. The van der Waals surface area contributed by atoms with Crippen LogP contribution in [0.5, 0.6) is 0 Å². The lowest BCUT2D eigenvalue weighted by Crippen LogP contribution is -2.24. The molecule has 1 unspecified atom stereocenters. The highest BCUT2D eigenvalue weighted by Gasteiger charge is 2.15. The van der Waals surface area contributed by atoms with Gasteiger partial charge in [0.25, 0.3) is 0 Å². The Morgan fingerprint density at radius 3 is 2.00 bits per heavy atom. The fourth-order valence-electron chi connectivity index (χ4n) is 1.09. The minimum Gasteiger partial charge on any atom is -0.466 e. The molecule has 0 amide bonds. The summed E-state index contributed by atoms with van der Waals surface area (Å²) in [4.78, 5) is 20.6. The number of carbonyl (C=O) groups excluding carboxylic acids is 2. The second-order valence-electron chi connectivity index (χ2n) is 4.93. The number of ether oxygens (including phenoxy) is 4. The maximum Gasteiger partial charge on any atom is 0.302 e. The minimum atomic E-state index is -0.264. The number of esters is 2. The first-order valence-electron chi connectivity index (χ1n) is 6.49. The van der Waals surface area contributed by atoms with Gasteiger partial charge in [-0.1, -0.05) is 0 Å². The summed E-state index contributed by atoms with van der Waals surface area (Å²) in [5.74, 6) is -0.503. The smallest absolute Gasteiger partial charge is 0.302 e. The van der Waals surface area contributed by atoms with Gasteiger partial charge in [0.05, 0.1) is 18.8 Å². The highest BCUT2D eigenvalue weighted by Crippen LogP contribution is 2.12. The molecule has 20 heavy (non-hydrogen) atoms. The van der Waals surface area contributed by atoms with E-state index in [4.69, 9.17) is 18.9 Å². The van der Waals surface area contributed by atoms with Gasteiger partial charge < -0.3 is 18.9 Å². The molecule has 0 aliphatic heterocycles. The molecule has 0 heterocycles. The van der Waals surface area contributed by atoms with Crippen molar-refractivity contribution in [3.05, 3.63) is 0 Å². The third-order valence-electron chi connectivity index (χ3n) is 2.33. The number of carbonyl (C=O) groups is 2. The number of hydrogen-bond acceptors (Lipinski definition) is 6. The van der Waals surface area contributed by atoms with E-state index in [1.54, 1.807) is 21.1 Å². The Morgan fingerprint density at radius 1 is 1.10 bits per heavy atom. The molecule has 0 aliphatic carbocycles. The third kappa shape index (κ3) is 16.9. The van der Waals surface area contributed by atoms with E-state index in [1.165, 1.54) is 13.8 Å². The molecule has 6 heteroatoms. The molecule has 0 aromatic rings. The van der Waals surface area contributed by atoms with E-state index in [2.05, 4.69) is 0 Å². The first-order valence-corrected chi connectivity index (χ1v) is 6.49. The quantitative estimate of drug-likeness (QED) is 0.668. The molecule has 0 spiro atoms. The molecule has 0 saturated carbocycles. The monoisotopic (exact) mass is 292 g/mol. The second kappa shape index (κ2) is 11.7. The van der Waals surface area contributed by atoms with E-state index in [0.29, 0.717) is 13.2 Å². The lowest BCUT2D eigenvalue weighted by Gasteiger charge is -2.21. The maximum atomic E-state index is 10.4. The fraction of sp³-hybridized carbons (Fsp3) is 0.857. The van der Waals surface area contributed by atoms with Crippen LogP contribution in [-0.4, -0.2) is 51.1 Å². The number of methoxy groups -OCH3 is 2. The summed E-state index contributed by atoms with van der Waals surface area (Å²) in [7, 11) is 3.22. The third-order valence-corrected chi connectivity index (χ3v) is 2.33. The Morgan fingerprint density at radius 2 is 1.65 bits per heavy atom. The SMILES string of the molecule is COC(C)(C)CCOC(C)=O.COCC(C)OC(C)=O. The van der Waals surface area contributed by atoms with Crippen molar-refractivity contribution < 1.29 is 28.5 Å². The van der Waals surface area contributed by atoms with Gasteiger partial charge in [-0.25, -0.2) is 0 Å². The molecule has 0 aromatic carbocycles. The average Bonchev–Trinajstić information content (AvgIpc) is 2.28. The molecule has 0 N–H and O–H groups in total. The second-order valence-corrected chi connectivity index (χ2v) is 4.93. The van der Waals surface area contributed by atoms with Crippen LogP contribution < -0.4 is 0 Å². The summed E-state index contributed by atoms with van der Waals surface area (Å²) in [6.07, 6.45) is 0.593. The van der Waals surface area contributed by atoms with Gasteiger partial charge in [-0.2, -0.15) is 0 Å². The van der Waals surface area contributed by atoms with Gasteiger partial charge in [0.1, 0.15) is 6.10 Å². The summed E-state index contributed by atoms with van der Waals surface area (Å²) in [5.41, 5.74) is -0.199. The lowest BCUT2D eigenvalue weighted by molar-refractivity contribution is -0.147. The molecule has 0 rings (SSSR count). The van der Waals surface area contributed by atoms with Crippen molar-refractivity contribution in [1.82, 2.24) is 0 Å². The van der Waals surface area contributed by atoms with Gasteiger partial charge in [-0.05, 0) is 20.8 Å². The van der Waals surface area contributed by atoms with E-state index in [-0.39, 0.29) is 23.6 Å². The zero-order chi connectivity index (χ0) is 16.2. The van der Waals surface area contributed by atoms with Crippen LogP contribution in [0.1, 0.15) is 41.0 Å². The Labute approximate surface area is 121 Å². The topological polar surface area (TPSA) is 71.1 Å². The molecular formula is C14H28O6. The van der Waals surface area contributed by atoms with Crippen molar-refractivity contribution in [2.24, 2.45) is 0 Å². The predicted octanol–water partition coefficient (Wildman–Crippen LogP) is 1.95. The van der Waals surface area contributed by atoms with Crippen LogP contribution in [0.2, 0.25) is 0 Å². The molecule has 6 nitrogen and oxygen atoms in total. The maximum absolute atomic E-state index is 10.4. The van der Waals surface area contributed by atoms with Gasteiger partial charge in [-0.3, -0.25) is 9.59 Å². The van der Waals surface area contributed by atoms with Gasteiger partial charge in [0.15, 0.2) is 0 Å². The van der Waals surface area contributed by atoms with Gasteiger partial charge in [0, 0.05) is 34.5 Å². The van der Waals surface area contributed by atoms with E-state index in [0.717, 1.165) is 6.42 Å². The summed E-state index contributed by atoms with van der Waals surface area (Å²) >= 11 is 0. The van der Waals surface area contributed by atoms with Crippen molar-refractivity contribution in [3.63, 3.8) is 0 Å².